The molecule has 1 nitrogen and oxygen atoms in total. The normalized spacial score (nSPS) is 13.4. The number of benzene rings is 1. The second-order valence-corrected chi connectivity index (χ2v) is 5.37. The third kappa shape index (κ3) is 1.85. The molecule has 17 heavy (non-hydrogen) atoms. The molecule has 0 spiro atoms. The van der Waals surface area contributed by atoms with Gasteiger partial charge in [-0.15, -0.1) is 11.3 Å². The zero-order valence-electron chi connectivity index (χ0n) is 9.90. The summed E-state index contributed by atoms with van der Waals surface area (Å²) in [4.78, 5) is 4.54. The number of allylic oxidation sites excluding steroid dienone is 2. The van der Waals surface area contributed by atoms with Crippen LogP contribution in [-0.2, 0) is 0 Å². The minimum Gasteiger partial charge on any atom is -0.256 e. The number of hydrogen-bond donors (Lipinski definition) is 0. The van der Waals surface area contributed by atoms with Crippen LogP contribution < -0.4 is 0 Å². The quantitative estimate of drug-likeness (QED) is 0.687. The van der Waals surface area contributed by atoms with E-state index in [0.717, 1.165) is 5.70 Å². The molecular formula is C15H13NS. The van der Waals surface area contributed by atoms with Crippen molar-refractivity contribution < 1.29 is 0 Å². The minimum atomic E-state index is 1.03. The topological polar surface area (TPSA) is 12.4 Å². The highest BCUT2D eigenvalue weighted by Crippen LogP contribution is 2.31. The summed E-state index contributed by atoms with van der Waals surface area (Å²) in [5, 5.41) is 3.51. The lowest BCUT2D eigenvalue weighted by molar-refractivity contribution is 1.34. The van der Waals surface area contributed by atoms with Gasteiger partial charge in [-0.05, 0) is 37.6 Å². The van der Waals surface area contributed by atoms with Crippen molar-refractivity contribution >= 4 is 33.7 Å². The van der Waals surface area contributed by atoms with Crippen LogP contribution >= 0.6 is 11.3 Å². The summed E-state index contributed by atoms with van der Waals surface area (Å²) >= 11 is 1.78. The van der Waals surface area contributed by atoms with E-state index in [1.165, 1.54) is 26.8 Å². The molecule has 0 atom stereocenters. The van der Waals surface area contributed by atoms with Crippen molar-refractivity contribution in [3.63, 3.8) is 0 Å². The van der Waals surface area contributed by atoms with Crippen molar-refractivity contribution in [2.45, 2.75) is 13.8 Å². The molecular weight excluding hydrogens is 226 g/mol. The maximum atomic E-state index is 4.54. The molecule has 0 fully saturated rings. The predicted octanol–water partition coefficient (Wildman–Crippen LogP) is 4.64. The van der Waals surface area contributed by atoms with E-state index in [9.17, 15) is 0 Å². The second-order valence-electron chi connectivity index (χ2n) is 4.46. The van der Waals surface area contributed by atoms with E-state index in [1.54, 1.807) is 11.3 Å². The predicted molar refractivity (Wildman–Crippen MR) is 76.8 cm³/mol. The van der Waals surface area contributed by atoms with E-state index < -0.39 is 0 Å². The molecule has 1 aromatic carbocycles. The first kappa shape index (κ1) is 10.5. The first-order valence-electron chi connectivity index (χ1n) is 5.65. The van der Waals surface area contributed by atoms with Gasteiger partial charge in [-0.3, -0.25) is 4.99 Å². The Balaban J connectivity index is 2.27. The molecule has 3 rings (SSSR count). The lowest BCUT2D eigenvalue weighted by Gasteiger charge is -1.97. The lowest BCUT2D eigenvalue weighted by atomic mass is 10.1. The number of rotatable bonds is 1. The van der Waals surface area contributed by atoms with Crippen LogP contribution in [0.15, 0.2) is 45.9 Å². The average Bonchev–Trinajstić information content (AvgIpc) is 2.61. The average molecular weight is 239 g/mol. The molecule has 0 amide bonds. The van der Waals surface area contributed by atoms with Gasteiger partial charge >= 0.3 is 0 Å². The highest BCUT2D eigenvalue weighted by atomic mass is 32.1. The van der Waals surface area contributed by atoms with E-state index >= 15 is 0 Å². The first-order chi connectivity index (χ1) is 8.24. The third-order valence-electron chi connectivity index (χ3n) is 2.75. The molecule has 2 aromatic rings. The van der Waals surface area contributed by atoms with Crippen LogP contribution in [0.1, 0.15) is 25.0 Å². The molecule has 0 aliphatic carbocycles. The largest absolute Gasteiger partial charge is 0.256 e. The number of hydrogen-bond acceptors (Lipinski definition) is 2. The van der Waals surface area contributed by atoms with Crippen LogP contribution in [0.5, 0.6) is 0 Å². The Morgan fingerprint density at radius 2 is 2.12 bits per heavy atom. The maximum Gasteiger partial charge on any atom is 0.0635 e. The van der Waals surface area contributed by atoms with Gasteiger partial charge in [0.1, 0.15) is 0 Å². The number of thiophene rings is 1. The van der Waals surface area contributed by atoms with Gasteiger partial charge in [0.05, 0.1) is 5.70 Å². The van der Waals surface area contributed by atoms with Gasteiger partial charge in [-0.1, -0.05) is 17.7 Å². The second kappa shape index (κ2) is 3.97. The third-order valence-corrected chi connectivity index (χ3v) is 3.72. The molecule has 2 heterocycles. The van der Waals surface area contributed by atoms with Crippen LogP contribution in [0.2, 0.25) is 0 Å². The molecule has 2 heteroatoms. The summed E-state index contributed by atoms with van der Waals surface area (Å²) in [5.74, 6) is 0. The standard InChI is InChI=1S/C15H13NS/c1-10(2)6-13-7-11-4-3-5-14-15(11)12(8-16-13)9-17-14/h3-9H,1-2H3. The summed E-state index contributed by atoms with van der Waals surface area (Å²) in [6.45, 7) is 4.19. The first-order valence-corrected chi connectivity index (χ1v) is 6.53. The van der Waals surface area contributed by atoms with Crippen molar-refractivity contribution in [1.29, 1.82) is 0 Å². The SMILES string of the molecule is CC(C)=CC1=Cc2cccc3scc(c23)C=N1. The molecule has 0 saturated heterocycles. The van der Waals surface area contributed by atoms with E-state index in [-0.39, 0.29) is 0 Å². The van der Waals surface area contributed by atoms with Gasteiger partial charge in [0.15, 0.2) is 0 Å². The van der Waals surface area contributed by atoms with E-state index in [2.05, 4.69) is 54.6 Å². The fourth-order valence-electron chi connectivity index (χ4n) is 2.07. The smallest absolute Gasteiger partial charge is 0.0635 e. The Bertz CT molecular complexity index is 667. The van der Waals surface area contributed by atoms with E-state index in [1.807, 2.05) is 6.21 Å². The summed E-state index contributed by atoms with van der Waals surface area (Å²) in [5.41, 5.74) is 4.79. The van der Waals surface area contributed by atoms with Gasteiger partial charge in [0.25, 0.3) is 0 Å². The van der Waals surface area contributed by atoms with Crippen molar-refractivity contribution in [3.8, 4) is 0 Å². The molecule has 1 aliphatic rings. The van der Waals surface area contributed by atoms with Gasteiger partial charge in [0.2, 0.25) is 0 Å². The Morgan fingerprint density at radius 3 is 2.94 bits per heavy atom. The molecule has 1 aromatic heterocycles. The maximum absolute atomic E-state index is 4.54. The van der Waals surface area contributed by atoms with Crippen molar-refractivity contribution in [1.82, 2.24) is 0 Å². The minimum absolute atomic E-state index is 1.03. The van der Waals surface area contributed by atoms with Gasteiger partial charge < -0.3 is 0 Å². The summed E-state index contributed by atoms with van der Waals surface area (Å²) in [6, 6.07) is 6.44. The van der Waals surface area contributed by atoms with Crippen molar-refractivity contribution in [2.75, 3.05) is 0 Å². The van der Waals surface area contributed by atoms with Crippen LogP contribution in [0.4, 0.5) is 0 Å². The Labute approximate surface area is 105 Å². The van der Waals surface area contributed by atoms with Crippen molar-refractivity contribution in [3.05, 3.63) is 52.1 Å². The summed E-state index contributed by atoms with van der Waals surface area (Å²) in [6.07, 6.45) is 6.25. The fourth-order valence-corrected chi connectivity index (χ4v) is 3.02. The zero-order valence-corrected chi connectivity index (χ0v) is 10.7. The molecule has 84 valence electrons. The Kier molecular flexibility index (Phi) is 2.45. The molecule has 0 radical (unpaired) electrons. The molecule has 0 saturated carbocycles. The fraction of sp³-hybridized carbons (Fsp3) is 0.133. The van der Waals surface area contributed by atoms with Crippen LogP contribution in [0, 0.1) is 0 Å². The van der Waals surface area contributed by atoms with Crippen LogP contribution in [0.3, 0.4) is 0 Å². The Morgan fingerprint density at radius 1 is 1.24 bits per heavy atom. The highest BCUT2D eigenvalue weighted by molar-refractivity contribution is 7.17. The van der Waals surface area contributed by atoms with E-state index in [4.69, 9.17) is 0 Å². The van der Waals surface area contributed by atoms with Crippen molar-refractivity contribution in [2.24, 2.45) is 4.99 Å². The summed E-state index contributed by atoms with van der Waals surface area (Å²) < 4.78 is 1.33. The van der Waals surface area contributed by atoms with Crippen LogP contribution in [-0.4, -0.2) is 6.21 Å². The monoisotopic (exact) mass is 239 g/mol. The molecule has 0 bridgehead atoms. The molecule has 0 N–H and O–H groups in total. The van der Waals surface area contributed by atoms with Gasteiger partial charge in [-0.2, -0.15) is 0 Å². The van der Waals surface area contributed by atoms with Crippen LogP contribution in [0.25, 0.3) is 16.2 Å². The number of aliphatic imine (C=N–C) groups is 1. The van der Waals surface area contributed by atoms with E-state index in [0.29, 0.717) is 0 Å². The zero-order chi connectivity index (χ0) is 11.8. The molecule has 0 unspecified atom stereocenters. The number of nitrogens with zero attached hydrogens (tertiary/aromatic N) is 1. The lowest BCUT2D eigenvalue weighted by Crippen LogP contribution is -1.77. The highest BCUT2D eigenvalue weighted by Gasteiger charge is 2.09. The Hall–Kier alpha value is -1.67. The van der Waals surface area contributed by atoms with Gasteiger partial charge in [0, 0.05) is 27.2 Å². The summed E-state index contributed by atoms with van der Waals surface area (Å²) in [7, 11) is 0. The molecule has 1 aliphatic heterocycles. The van der Waals surface area contributed by atoms with Gasteiger partial charge in [-0.25, -0.2) is 0 Å².